The van der Waals surface area contributed by atoms with E-state index in [9.17, 15) is 0 Å². The number of ether oxygens (including phenoxy) is 1. The third kappa shape index (κ3) is 3.83. The summed E-state index contributed by atoms with van der Waals surface area (Å²) in [4.78, 5) is 4.27. The van der Waals surface area contributed by atoms with Gasteiger partial charge in [0.1, 0.15) is 0 Å². The highest BCUT2D eigenvalue weighted by Gasteiger charge is 2.24. The highest BCUT2D eigenvalue weighted by atomic mass is 32.1. The SMILES string of the molecule is CCOC(C(C)C)C(Cc1nccs1)NN. The highest BCUT2D eigenvalue weighted by molar-refractivity contribution is 7.09. The molecule has 0 aromatic carbocycles. The maximum Gasteiger partial charge on any atom is 0.0941 e. The second kappa shape index (κ2) is 6.96. The van der Waals surface area contributed by atoms with E-state index in [0.717, 1.165) is 11.4 Å². The van der Waals surface area contributed by atoms with Crippen molar-refractivity contribution in [2.24, 2.45) is 11.8 Å². The fraction of sp³-hybridized carbons (Fsp3) is 0.727. The number of aromatic nitrogens is 1. The van der Waals surface area contributed by atoms with Gasteiger partial charge in [0, 0.05) is 24.6 Å². The second-order valence-electron chi connectivity index (χ2n) is 4.07. The lowest BCUT2D eigenvalue weighted by Crippen LogP contribution is -2.48. The van der Waals surface area contributed by atoms with E-state index in [4.69, 9.17) is 10.6 Å². The first-order valence-electron chi connectivity index (χ1n) is 5.65. The number of nitrogens with zero attached hydrogens (tertiary/aromatic N) is 1. The van der Waals surface area contributed by atoms with Gasteiger partial charge in [0.15, 0.2) is 0 Å². The van der Waals surface area contributed by atoms with Crippen LogP contribution in [0.1, 0.15) is 25.8 Å². The molecule has 4 nitrogen and oxygen atoms in total. The number of rotatable bonds is 7. The van der Waals surface area contributed by atoms with E-state index in [1.54, 1.807) is 11.3 Å². The Morgan fingerprint density at radius 1 is 1.56 bits per heavy atom. The average molecular weight is 243 g/mol. The van der Waals surface area contributed by atoms with E-state index in [2.05, 4.69) is 24.3 Å². The molecule has 0 bridgehead atoms. The molecule has 1 aromatic rings. The second-order valence-corrected chi connectivity index (χ2v) is 5.05. The summed E-state index contributed by atoms with van der Waals surface area (Å²) in [5, 5.41) is 3.07. The molecule has 0 aliphatic heterocycles. The average Bonchev–Trinajstić information content (AvgIpc) is 2.75. The minimum atomic E-state index is 0.117. The summed E-state index contributed by atoms with van der Waals surface area (Å²) in [6.07, 6.45) is 2.76. The molecular formula is C11H21N3OS. The summed E-state index contributed by atoms with van der Waals surface area (Å²) in [6.45, 7) is 7.00. The highest BCUT2D eigenvalue weighted by Crippen LogP contribution is 2.16. The van der Waals surface area contributed by atoms with Crippen molar-refractivity contribution in [1.82, 2.24) is 10.4 Å². The molecule has 1 heterocycles. The third-order valence-electron chi connectivity index (χ3n) is 2.50. The van der Waals surface area contributed by atoms with Crippen molar-refractivity contribution in [1.29, 1.82) is 0 Å². The fourth-order valence-corrected chi connectivity index (χ4v) is 2.45. The Labute approximate surface area is 101 Å². The van der Waals surface area contributed by atoms with Crippen LogP contribution in [0.5, 0.6) is 0 Å². The van der Waals surface area contributed by atoms with Gasteiger partial charge in [-0.3, -0.25) is 11.3 Å². The Balaban J connectivity index is 2.63. The molecule has 0 amide bonds. The zero-order valence-corrected chi connectivity index (χ0v) is 11.0. The topological polar surface area (TPSA) is 60.2 Å². The van der Waals surface area contributed by atoms with E-state index in [1.807, 2.05) is 18.5 Å². The maximum atomic E-state index is 5.74. The van der Waals surface area contributed by atoms with E-state index < -0.39 is 0 Å². The zero-order valence-electron chi connectivity index (χ0n) is 10.1. The first-order valence-corrected chi connectivity index (χ1v) is 6.53. The molecule has 3 N–H and O–H groups in total. The number of hydrogen-bond acceptors (Lipinski definition) is 5. The first-order chi connectivity index (χ1) is 7.69. The predicted molar refractivity (Wildman–Crippen MR) is 67.2 cm³/mol. The Morgan fingerprint density at radius 2 is 2.31 bits per heavy atom. The number of nitrogens with one attached hydrogen (secondary N) is 1. The lowest BCUT2D eigenvalue weighted by Gasteiger charge is -2.28. The van der Waals surface area contributed by atoms with Gasteiger partial charge < -0.3 is 4.74 Å². The van der Waals surface area contributed by atoms with Crippen LogP contribution in [0.3, 0.4) is 0 Å². The molecule has 0 fully saturated rings. The lowest BCUT2D eigenvalue weighted by atomic mass is 9.97. The van der Waals surface area contributed by atoms with Crippen molar-refractivity contribution in [3.63, 3.8) is 0 Å². The van der Waals surface area contributed by atoms with Crippen LogP contribution in [0, 0.1) is 5.92 Å². The van der Waals surface area contributed by atoms with Gasteiger partial charge in [-0.25, -0.2) is 4.98 Å². The molecule has 1 rings (SSSR count). The molecule has 16 heavy (non-hydrogen) atoms. The van der Waals surface area contributed by atoms with Gasteiger partial charge in [-0.05, 0) is 12.8 Å². The van der Waals surface area contributed by atoms with Crippen molar-refractivity contribution in [2.45, 2.75) is 39.3 Å². The number of nitrogens with two attached hydrogens (primary N) is 1. The molecule has 2 atom stereocenters. The van der Waals surface area contributed by atoms with Crippen LogP contribution >= 0.6 is 11.3 Å². The maximum absolute atomic E-state index is 5.74. The van der Waals surface area contributed by atoms with Gasteiger partial charge in [0.05, 0.1) is 17.2 Å². The monoisotopic (exact) mass is 243 g/mol. The smallest absolute Gasteiger partial charge is 0.0941 e. The summed E-state index contributed by atoms with van der Waals surface area (Å²) >= 11 is 1.65. The minimum absolute atomic E-state index is 0.117. The molecule has 0 saturated heterocycles. The zero-order chi connectivity index (χ0) is 12.0. The van der Waals surface area contributed by atoms with Gasteiger partial charge in [-0.15, -0.1) is 11.3 Å². The molecule has 0 aliphatic rings. The molecule has 0 aliphatic carbocycles. The summed E-state index contributed by atoms with van der Waals surface area (Å²) in [5.41, 5.74) is 2.85. The normalized spacial score (nSPS) is 15.3. The Kier molecular flexibility index (Phi) is 5.90. The summed E-state index contributed by atoms with van der Waals surface area (Å²) in [5.74, 6) is 6.04. The van der Waals surface area contributed by atoms with Crippen LogP contribution in [-0.2, 0) is 11.2 Å². The van der Waals surface area contributed by atoms with Gasteiger partial charge in [-0.1, -0.05) is 13.8 Å². The van der Waals surface area contributed by atoms with Crippen molar-refractivity contribution in [2.75, 3.05) is 6.61 Å². The fourth-order valence-electron chi connectivity index (χ4n) is 1.78. The minimum Gasteiger partial charge on any atom is -0.377 e. The first kappa shape index (κ1) is 13.6. The Bertz CT molecular complexity index is 277. The van der Waals surface area contributed by atoms with E-state index in [1.165, 1.54) is 0 Å². The van der Waals surface area contributed by atoms with Crippen molar-refractivity contribution >= 4 is 11.3 Å². The molecule has 92 valence electrons. The number of hydrogen-bond donors (Lipinski definition) is 2. The van der Waals surface area contributed by atoms with Gasteiger partial charge >= 0.3 is 0 Å². The summed E-state index contributed by atoms with van der Waals surface area (Å²) < 4.78 is 5.74. The number of hydrazine groups is 1. The van der Waals surface area contributed by atoms with E-state index in [0.29, 0.717) is 12.5 Å². The van der Waals surface area contributed by atoms with Crippen LogP contribution in [0.2, 0.25) is 0 Å². The van der Waals surface area contributed by atoms with Crippen LogP contribution in [-0.4, -0.2) is 23.7 Å². The van der Waals surface area contributed by atoms with Crippen LogP contribution in [0.25, 0.3) is 0 Å². The largest absolute Gasteiger partial charge is 0.377 e. The summed E-state index contributed by atoms with van der Waals surface area (Å²) in [6, 6.07) is 0.117. The summed E-state index contributed by atoms with van der Waals surface area (Å²) in [7, 11) is 0. The predicted octanol–water partition coefficient (Wildman–Crippen LogP) is 1.58. The van der Waals surface area contributed by atoms with Crippen LogP contribution in [0.15, 0.2) is 11.6 Å². The molecule has 0 radical (unpaired) electrons. The molecule has 0 spiro atoms. The number of thiazole rings is 1. The quantitative estimate of drug-likeness (QED) is 0.564. The van der Waals surface area contributed by atoms with E-state index in [-0.39, 0.29) is 12.1 Å². The lowest BCUT2D eigenvalue weighted by molar-refractivity contribution is 0.00354. The van der Waals surface area contributed by atoms with Crippen LogP contribution < -0.4 is 11.3 Å². The Hall–Kier alpha value is -0.490. The van der Waals surface area contributed by atoms with Gasteiger partial charge in [-0.2, -0.15) is 0 Å². The molecule has 5 heteroatoms. The van der Waals surface area contributed by atoms with Crippen molar-refractivity contribution in [3.05, 3.63) is 16.6 Å². The van der Waals surface area contributed by atoms with Crippen molar-refractivity contribution < 1.29 is 4.74 Å². The van der Waals surface area contributed by atoms with E-state index >= 15 is 0 Å². The standard InChI is InChI=1S/C11H21N3OS/c1-4-15-11(8(2)3)9(14-12)7-10-13-5-6-16-10/h5-6,8-9,11,14H,4,7,12H2,1-3H3. The van der Waals surface area contributed by atoms with Crippen LogP contribution in [0.4, 0.5) is 0 Å². The van der Waals surface area contributed by atoms with Gasteiger partial charge in [0.2, 0.25) is 0 Å². The Morgan fingerprint density at radius 3 is 2.75 bits per heavy atom. The van der Waals surface area contributed by atoms with Gasteiger partial charge in [0.25, 0.3) is 0 Å². The molecule has 2 unspecified atom stereocenters. The molecular weight excluding hydrogens is 222 g/mol. The molecule has 0 saturated carbocycles. The third-order valence-corrected chi connectivity index (χ3v) is 3.31. The van der Waals surface area contributed by atoms with Crippen molar-refractivity contribution in [3.8, 4) is 0 Å². The molecule has 1 aromatic heterocycles.